The molecule has 108 valence electrons. The smallest absolute Gasteiger partial charge is 0.119 e. The molecule has 0 saturated carbocycles. The second-order valence-electron chi connectivity index (χ2n) is 4.54. The molecule has 19 heavy (non-hydrogen) atoms. The molecule has 1 atom stereocenters. The Kier molecular flexibility index (Phi) is 9.06. The molecule has 0 aliphatic rings. The van der Waals surface area contributed by atoms with Gasteiger partial charge in [0.05, 0.1) is 0 Å². The summed E-state index contributed by atoms with van der Waals surface area (Å²) in [4.78, 5) is 0. The average Bonchev–Trinajstić information content (AvgIpc) is 2.45. The highest BCUT2D eigenvalue weighted by atomic mass is 16.5. The van der Waals surface area contributed by atoms with E-state index in [0.717, 1.165) is 38.2 Å². The van der Waals surface area contributed by atoms with Crippen molar-refractivity contribution in [2.24, 2.45) is 0 Å². The standard InChI is InChI=1S/C15H25NO3/c1-18-11-7-3-6-10-16-12-14(17)13-19-15-8-4-2-5-9-15/h2,4-5,8-9,14,16-17H,3,6-7,10-13H2,1H3. The predicted octanol–water partition coefficient (Wildman–Crippen LogP) is 1.83. The molecule has 0 saturated heterocycles. The summed E-state index contributed by atoms with van der Waals surface area (Å²) in [6.07, 6.45) is 2.88. The maximum atomic E-state index is 9.74. The predicted molar refractivity (Wildman–Crippen MR) is 76.5 cm³/mol. The van der Waals surface area contributed by atoms with E-state index in [-0.39, 0.29) is 0 Å². The maximum Gasteiger partial charge on any atom is 0.119 e. The van der Waals surface area contributed by atoms with Gasteiger partial charge in [0.25, 0.3) is 0 Å². The Bertz CT molecular complexity index is 306. The van der Waals surface area contributed by atoms with E-state index in [9.17, 15) is 5.11 Å². The molecule has 0 fully saturated rings. The summed E-state index contributed by atoms with van der Waals surface area (Å²) in [5, 5.41) is 13.0. The number of hydrogen-bond donors (Lipinski definition) is 2. The fourth-order valence-electron chi connectivity index (χ4n) is 1.71. The van der Waals surface area contributed by atoms with Crippen molar-refractivity contribution in [1.29, 1.82) is 0 Å². The Labute approximate surface area is 115 Å². The topological polar surface area (TPSA) is 50.7 Å². The van der Waals surface area contributed by atoms with Crippen LogP contribution in [-0.2, 0) is 4.74 Å². The summed E-state index contributed by atoms with van der Waals surface area (Å²) < 4.78 is 10.5. The van der Waals surface area contributed by atoms with Crippen molar-refractivity contribution in [2.75, 3.05) is 33.4 Å². The van der Waals surface area contributed by atoms with Crippen molar-refractivity contribution >= 4 is 0 Å². The number of rotatable bonds is 11. The van der Waals surface area contributed by atoms with E-state index in [2.05, 4.69) is 5.32 Å². The van der Waals surface area contributed by atoms with Crippen molar-refractivity contribution in [1.82, 2.24) is 5.32 Å². The Balaban J connectivity index is 1.95. The van der Waals surface area contributed by atoms with Gasteiger partial charge < -0.3 is 19.9 Å². The molecule has 0 radical (unpaired) electrons. The van der Waals surface area contributed by atoms with E-state index in [1.165, 1.54) is 0 Å². The van der Waals surface area contributed by atoms with Crippen LogP contribution in [0.1, 0.15) is 19.3 Å². The Morgan fingerprint density at radius 2 is 1.95 bits per heavy atom. The van der Waals surface area contributed by atoms with Crippen molar-refractivity contribution in [3.8, 4) is 5.75 Å². The van der Waals surface area contributed by atoms with Crippen LogP contribution < -0.4 is 10.1 Å². The van der Waals surface area contributed by atoms with Gasteiger partial charge in [-0.25, -0.2) is 0 Å². The summed E-state index contributed by atoms with van der Waals surface area (Å²) in [6, 6.07) is 9.54. The average molecular weight is 267 g/mol. The summed E-state index contributed by atoms with van der Waals surface area (Å²) in [6.45, 7) is 2.64. The number of hydrogen-bond acceptors (Lipinski definition) is 4. The van der Waals surface area contributed by atoms with Gasteiger partial charge in [0.15, 0.2) is 0 Å². The SMILES string of the molecule is COCCCCCNCC(O)COc1ccccc1. The van der Waals surface area contributed by atoms with E-state index in [0.29, 0.717) is 13.2 Å². The van der Waals surface area contributed by atoms with E-state index >= 15 is 0 Å². The van der Waals surface area contributed by atoms with Crippen LogP contribution in [0.25, 0.3) is 0 Å². The van der Waals surface area contributed by atoms with Gasteiger partial charge in [-0.1, -0.05) is 18.2 Å². The Morgan fingerprint density at radius 3 is 2.68 bits per heavy atom. The molecule has 2 N–H and O–H groups in total. The quantitative estimate of drug-likeness (QED) is 0.601. The first-order valence-corrected chi connectivity index (χ1v) is 6.88. The van der Waals surface area contributed by atoms with Gasteiger partial charge in [-0.2, -0.15) is 0 Å². The Morgan fingerprint density at radius 1 is 1.16 bits per heavy atom. The lowest BCUT2D eigenvalue weighted by Gasteiger charge is -2.13. The van der Waals surface area contributed by atoms with E-state index < -0.39 is 6.10 Å². The van der Waals surface area contributed by atoms with Crippen LogP contribution in [0.15, 0.2) is 30.3 Å². The minimum absolute atomic E-state index is 0.320. The highest BCUT2D eigenvalue weighted by Gasteiger charge is 2.04. The summed E-state index contributed by atoms with van der Waals surface area (Å²) >= 11 is 0. The molecule has 0 aromatic heterocycles. The molecule has 4 nitrogen and oxygen atoms in total. The third-order valence-electron chi connectivity index (χ3n) is 2.77. The fourth-order valence-corrected chi connectivity index (χ4v) is 1.71. The van der Waals surface area contributed by atoms with Crippen molar-refractivity contribution in [3.63, 3.8) is 0 Å². The van der Waals surface area contributed by atoms with Crippen LogP contribution >= 0.6 is 0 Å². The summed E-state index contributed by atoms with van der Waals surface area (Å²) in [7, 11) is 1.72. The highest BCUT2D eigenvalue weighted by molar-refractivity contribution is 5.20. The zero-order chi connectivity index (χ0) is 13.8. The molecular formula is C15H25NO3. The second kappa shape index (κ2) is 10.8. The number of nitrogens with one attached hydrogen (secondary N) is 1. The van der Waals surface area contributed by atoms with Crippen LogP contribution in [0, 0.1) is 0 Å². The molecule has 0 amide bonds. The van der Waals surface area contributed by atoms with Gasteiger partial charge in [-0.05, 0) is 37.9 Å². The molecule has 1 unspecified atom stereocenters. The van der Waals surface area contributed by atoms with Gasteiger partial charge in [-0.3, -0.25) is 0 Å². The lowest BCUT2D eigenvalue weighted by Crippen LogP contribution is -2.32. The van der Waals surface area contributed by atoms with Crippen molar-refractivity contribution in [3.05, 3.63) is 30.3 Å². The number of ether oxygens (including phenoxy) is 2. The van der Waals surface area contributed by atoms with Crippen molar-refractivity contribution < 1.29 is 14.6 Å². The van der Waals surface area contributed by atoms with Gasteiger partial charge in [-0.15, -0.1) is 0 Å². The number of benzene rings is 1. The minimum atomic E-state index is -0.473. The highest BCUT2D eigenvalue weighted by Crippen LogP contribution is 2.08. The number of aliphatic hydroxyl groups is 1. The van der Waals surface area contributed by atoms with Crippen LogP contribution in [0.2, 0.25) is 0 Å². The monoisotopic (exact) mass is 267 g/mol. The molecule has 0 heterocycles. The van der Waals surface area contributed by atoms with Crippen LogP contribution in [0.5, 0.6) is 5.75 Å². The first-order chi connectivity index (χ1) is 9.33. The molecule has 0 spiro atoms. The van der Waals surface area contributed by atoms with Crippen molar-refractivity contribution in [2.45, 2.75) is 25.4 Å². The molecular weight excluding hydrogens is 242 g/mol. The molecule has 0 aliphatic carbocycles. The third kappa shape index (κ3) is 8.59. The van der Waals surface area contributed by atoms with E-state index in [4.69, 9.17) is 9.47 Å². The van der Waals surface area contributed by atoms with Gasteiger partial charge in [0, 0.05) is 20.3 Å². The van der Waals surface area contributed by atoms with Gasteiger partial charge in [0.2, 0.25) is 0 Å². The largest absolute Gasteiger partial charge is 0.491 e. The zero-order valence-electron chi connectivity index (χ0n) is 11.7. The summed E-state index contributed by atoms with van der Waals surface area (Å²) in [5.74, 6) is 0.793. The normalized spacial score (nSPS) is 12.3. The number of aliphatic hydroxyl groups excluding tert-OH is 1. The minimum Gasteiger partial charge on any atom is -0.491 e. The third-order valence-corrected chi connectivity index (χ3v) is 2.77. The Hall–Kier alpha value is -1.10. The first kappa shape index (κ1) is 16.0. The molecule has 0 bridgehead atoms. The van der Waals surface area contributed by atoms with Crippen LogP contribution in [0.4, 0.5) is 0 Å². The van der Waals surface area contributed by atoms with Gasteiger partial charge >= 0.3 is 0 Å². The second-order valence-corrected chi connectivity index (χ2v) is 4.54. The molecule has 1 aromatic carbocycles. The van der Waals surface area contributed by atoms with E-state index in [1.807, 2.05) is 30.3 Å². The fraction of sp³-hybridized carbons (Fsp3) is 0.600. The molecule has 0 aliphatic heterocycles. The summed E-state index contributed by atoms with van der Waals surface area (Å²) in [5.41, 5.74) is 0. The lowest BCUT2D eigenvalue weighted by molar-refractivity contribution is 0.106. The molecule has 1 aromatic rings. The van der Waals surface area contributed by atoms with Gasteiger partial charge in [0.1, 0.15) is 18.5 Å². The zero-order valence-corrected chi connectivity index (χ0v) is 11.7. The van der Waals surface area contributed by atoms with Crippen LogP contribution in [0.3, 0.4) is 0 Å². The van der Waals surface area contributed by atoms with E-state index in [1.54, 1.807) is 7.11 Å². The molecule has 4 heteroatoms. The first-order valence-electron chi connectivity index (χ1n) is 6.88. The number of para-hydroxylation sites is 1. The number of unbranched alkanes of at least 4 members (excludes halogenated alkanes) is 2. The number of methoxy groups -OCH3 is 1. The molecule has 1 rings (SSSR count). The van der Waals surface area contributed by atoms with Crippen LogP contribution in [-0.4, -0.2) is 44.6 Å². The lowest BCUT2D eigenvalue weighted by atomic mass is 10.2. The maximum absolute atomic E-state index is 9.74.